The fourth-order valence-electron chi connectivity index (χ4n) is 3.64. The summed E-state index contributed by atoms with van der Waals surface area (Å²) in [5.41, 5.74) is 0.836. The molecule has 0 aromatic heterocycles. The Balaban J connectivity index is 1.42. The van der Waals surface area contributed by atoms with Crippen LogP contribution in [0.2, 0.25) is 5.02 Å². The molecule has 4 rings (SSSR count). The molecule has 1 heterocycles. The van der Waals surface area contributed by atoms with Gasteiger partial charge in [0.1, 0.15) is 0 Å². The van der Waals surface area contributed by atoms with Crippen LogP contribution in [0.4, 0.5) is 5.69 Å². The molecule has 29 heavy (non-hydrogen) atoms. The predicted octanol–water partition coefficient (Wildman–Crippen LogP) is 3.47. The van der Waals surface area contributed by atoms with Gasteiger partial charge in [-0.25, -0.2) is 8.42 Å². The van der Waals surface area contributed by atoms with Crippen molar-refractivity contribution < 1.29 is 17.9 Å². The summed E-state index contributed by atoms with van der Waals surface area (Å²) in [6, 6.07) is 13.0. The molecular weight excluding hydrogens is 412 g/mol. The summed E-state index contributed by atoms with van der Waals surface area (Å²) in [6.45, 7) is 1.30. The second-order valence-corrected chi connectivity index (χ2v) is 9.68. The van der Waals surface area contributed by atoms with Crippen LogP contribution in [0.1, 0.15) is 31.2 Å². The minimum Gasteiger partial charge on any atom is -0.376 e. The molecule has 2 fully saturated rings. The third-order valence-electron chi connectivity index (χ3n) is 5.51. The Kier molecular flexibility index (Phi) is 5.55. The third-order valence-corrected chi connectivity index (χ3v) is 7.16. The van der Waals surface area contributed by atoms with Crippen molar-refractivity contribution in [1.29, 1.82) is 0 Å². The first-order chi connectivity index (χ1) is 13.9. The van der Waals surface area contributed by atoms with E-state index in [1.165, 1.54) is 24.3 Å². The van der Waals surface area contributed by atoms with Gasteiger partial charge in [0.2, 0.25) is 5.91 Å². The lowest BCUT2D eigenvalue weighted by Gasteiger charge is -2.18. The van der Waals surface area contributed by atoms with E-state index in [1.54, 1.807) is 12.1 Å². The highest BCUT2D eigenvalue weighted by molar-refractivity contribution is 7.92. The maximum Gasteiger partial charge on any atom is 0.261 e. The maximum atomic E-state index is 12.7. The minimum atomic E-state index is -3.70. The fraction of sp³-hybridized carbons (Fsp3) is 0.381. The molecule has 0 bridgehead atoms. The van der Waals surface area contributed by atoms with Gasteiger partial charge in [0.25, 0.3) is 10.0 Å². The number of ether oxygens (including phenoxy) is 1. The maximum absolute atomic E-state index is 12.7. The van der Waals surface area contributed by atoms with Gasteiger partial charge in [0, 0.05) is 23.9 Å². The Morgan fingerprint density at radius 1 is 1.10 bits per heavy atom. The van der Waals surface area contributed by atoms with Crippen molar-refractivity contribution in [2.75, 3.05) is 17.9 Å². The van der Waals surface area contributed by atoms with Crippen LogP contribution in [0.25, 0.3) is 0 Å². The molecule has 1 saturated heterocycles. The highest BCUT2D eigenvalue weighted by Crippen LogP contribution is 2.48. The molecule has 0 unspecified atom stereocenters. The Morgan fingerprint density at radius 2 is 1.79 bits per heavy atom. The smallest absolute Gasteiger partial charge is 0.261 e. The van der Waals surface area contributed by atoms with E-state index in [9.17, 15) is 13.2 Å². The number of amides is 1. The summed E-state index contributed by atoms with van der Waals surface area (Å²) in [6.07, 6.45) is 3.72. The summed E-state index contributed by atoms with van der Waals surface area (Å²) in [7, 11) is -3.70. The van der Waals surface area contributed by atoms with E-state index in [4.69, 9.17) is 16.3 Å². The second-order valence-electron chi connectivity index (χ2n) is 7.56. The number of carbonyl (C=O) groups excluding carboxylic acids is 1. The van der Waals surface area contributed by atoms with Crippen molar-refractivity contribution in [2.24, 2.45) is 0 Å². The van der Waals surface area contributed by atoms with Crippen LogP contribution < -0.4 is 10.0 Å². The van der Waals surface area contributed by atoms with Gasteiger partial charge < -0.3 is 10.1 Å². The number of rotatable bonds is 7. The number of nitrogens with one attached hydrogen (secondary N) is 2. The molecule has 2 N–H and O–H groups in total. The third kappa shape index (κ3) is 4.42. The number of hydrogen-bond acceptors (Lipinski definition) is 4. The number of benzene rings is 2. The minimum absolute atomic E-state index is 0.0162. The molecule has 2 aromatic rings. The summed E-state index contributed by atoms with van der Waals surface area (Å²) >= 11 is 5.82. The lowest BCUT2D eigenvalue weighted by atomic mass is 9.94. The van der Waals surface area contributed by atoms with Crippen molar-refractivity contribution in [1.82, 2.24) is 5.32 Å². The molecule has 1 aliphatic heterocycles. The number of halogens is 1. The number of anilines is 1. The Morgan fingerprint density at radius 3 is 2.38 bits per heavy atom. The Hall–Kier alpha value is -2.09. The first-order valence-corrected chi connectivity index (χ1v) is 11.5. The van der Waals surface area contributed by atoms with Crippen molar-refractivity contribution in [3.8, 4) is 0 Å². The van der Waals surface area contributed by atoms with E-state index in [-0.39, 0.29) is 16.9 Å². The monoisotopic (exact) mass is 434 g/mol. The Labute approximate surface area is 175 Å². The average Bonchev–Trinajstić information content (AvgIpc) is 3.35. The van der Waals surface area contributed by atoms with Gasteiger partial charge in [0.05, 0.1) is 16.4 Å². The number of hydrogen-bond donors (Lipinski definition) is 2. The van der Waals surface area contributed by atoms with E-state index >= 15 is 0 Å². The van der Waals surface area contributed by atoms with E-state index in [0.29, 0.717) is 17.3 Å². The summed E-state index contributed by atoms with van der Waals surface area (Å²) in [4.78, 5) is 12.9. The van der Waals surface area contributed by atoms with Crippen LogP contribution in [-0.4, -0.2) is 33.6 Å². The SMILES string of the molecule is O=C(NC[C@H]1CCCO1)C1(c2ccc(NS(=O)(=O)c3ccc(Cl)cc3)cc2)CC1. The lowest BCUT2D eigenvalue weighted by Crippen LogP contribution is -2.39. The fourth-order valence-corrected chi connectivity index (χ4v) is 4.82. The molecule has 1 atom stereocenters. The molecule has 1 amide bonds. The normalized spacial score (nSPS) is 20.2. The number of sulfonamides is 1. The van der Waals surface area contributed by atoms with Crippen molar-refractivity contribution in [3.05, 3.63) is 59.1 Å². The zero-order chi connectivity index (χ0) is 20.5. The van der Waals surface area contributed by atoms with Gasteiger partial charge in [-0.1, -0.05) is 23.7 Å². The summed E-state index contributed by atoms with van der Waals surface area (Å²) in [5.74, 6) is 0.0162. The molecule has 1 aliphatic carbocycles. The van der Waals surface area contributed by atoms with Crippen LogP contribution in [0.5, 0.6) is 0 Å². The summed E-state index contributed by atoms with van der Waals surface area (Å²) < 4.78 is 33.1. The molecule has 1 saturated carbocycles. The summed E-state index contributed by atoms with van der Waals surface area (Å²) in [5, 5.41) is 3.49. The van der Waals surface area contributed by atoms with Gasteiger partial charge in [0.15, 0.2) is 0 Å². The van der Waals surface area contributed by atoms with Crippen molar-refractivity contribution >= 4 is 33.2 Å². The first-order valence-electron chi connectivity index (χ1n) is 9.68. The second kappa shape index (κ2) is 7.97. The Bertz CT molecular complexity index is 980. The van der Waals surface area contributed by atoms with Gasteiger partial charge in [-0.2, -0.15) is 0 Å². The van der Waals surface area contributed by atoms with Crippen LogP contribution in [0, 0.1) is 0 Å². The lowest BCUT2D eigenvalue weighted by molar-refractivity contribution is -0.124. The van der Waals surface area contributed by atoms with Crippen LogP contribution >= 0.6 is 11.6 Å². The molecule has 0 radical (unpaired) electrons. The van der Waals surface area contributed by atoms with E-state index in [0.717, 1.165) is 37.9 Å². The zero-order valence-corrected chi connectivity index (χ0v) is 17.4. The zero-order valence-electron chi connectivity index (χ0n) is 15.9. The van der Waals surface area contributed by atoms with Crippen LogP contribution in [-0.2, 0) is 25.0 Å². The van der Waals surface area contributed by atoms with Crippen LogP contribution in [0.3, 0.4) is 0 Å². The molecule has 2 aliphatic rings. The largest absolute Gasteiger partial charge is 0.376 e. The van der Waals surface area contributed by atoms with Crippen molar-refractivity contribution in [3.63, 3.8) is 0 Å². The molecular formula is C21H23ClN2O4S. The molecule has 6 nitrogen and oxygen atoms in total. The van der Waals surface area contributed by atoms with E-state index < -0.39 is 15.4 Å². The van der Waals surface area contributed by atoms with Crippen LogP contribution in [0.15, 0.2) is 53.4 Å². The molecule has 8 heteroatoms. The standard InChI is InChI=1S/C21H23ClN2O4S/c22-16-5-9-19(10-6-16)29(26,27)24-17-7-3-15(4-8-17)21(11-12-21)20(25)23-14-18-2-1-13-28-18/h3-10,18,24H,1-2,11-14H2,(H,23,25)/t18-/m1/s1. The predicted molar refractivity (Wildman–Crippen MR) is 112 cm³/mol. The topological polar surface area (TPSA) is 84.5 Å². The van der Waals surface area contributed by atoms with Gasteiger partial charge in [-0.05, 0) is 67.6 Å². The average molecular weight is 435 g/mol. The first kappa shape index (κ1) is 20.2. The molecule has 154 valence electrons. The van der Waals surface area contributed by atoms with Gasteiger partial charge in [-0.15, -0.1) is 0 Å². The van der Waals surface area contributed by atoms with Gasteiger partial charge in [-0.3, -0.25) is 9.52 Å². The van der Waals surface area contributed by atoms with E-state index in [2.05, 4.69) is 10.0 Å². The number of carbonyl (C=O) groups is 1. The van der Waals surface area contributed by atoms with Gasteiger partial charge >= 0.3 is 0 Å². The molecule has 2 aromatic carbocycles. The quantitative estimate of drug-likeness (QED) is 0.698. The highest BCUT2D eigenvalue weighted by atomic mass is 35.5. The highest BCUT2D eigenvalue weighted by Gasteiger charge is 2.51. The van der Waals surface area contributed by atoms with E-state index in [1.807, 2.05) is 12.1 Å². The van der Waals surface area contributed by atoms with Crippen molar-refractivity contribution in [2.45, 2.75) is 42.1 Å². The molecule has 0 spiro atoms.